The van der Waals surface area contributed by atoms with Crippen molar-refractivity contribution in [2.24, 2.45) is 7.05 Å². The third-order valence-electron chi connectivity index (χ3n) is 4.78. The number of amides is 1. The number of halogens is 2. The average Bonchev–Trinajstić information content (AvgIpc) is 3.24. The molecule has 0 aliphatic rings. The van der Waals surface area contributed by atoms with Gasteiger partial charge >= 0.3 is 0 Å². The molecule has 2 aromatic heterocycles. The van der Waals surface area contributed by atoms with Gasteiger partial charge < -0.3 is 9.88 Å². The normalized spacial score (nSPS) is 11.2. The monoisotopic (exact) mass is 443 g/mol. The van der Waals surface area contributed by atoms with E-state index in [9.17, 15) is 9.18 Å². The van der Waals surface area contributed by atoms with Gasteiger partial charge in [0.25, 0.3) is 0 Å². The number of nitrogens with zero attached hydrogens (tertiary/aromatic N) is 4. The molecule has 4 rings (SSSR count). The zero-order valence-corrected chi connectivity index (χ0v) is 18.0. The summed E-state index contributed by atoms with van der Waals surface area (Å²) >= 11 is 7.34. The zero-order valence-electron chi connectivity index (χ0n) is 16.4. The Hall–Kier alpha value is -2.84. The summed E-state index contributed by atoms with van der Waals surface area (Å²) in [4.78, 5) is 12.4. The summed E-state index contributed by atoms with van der Waals surface area (Å²) in [5.74, 6) is 0.427. The SMILES string of the molecule is Cc1nnc(SCC(=O)NCc2cc3cc(Cl)ccc3n2C)n1-c1ccc(F)cc1. The number of aromatic nitrogens is 4. The molecular formula is C21H19ClFN5OS. The van der Waals surface area contributed by atoms with Crippen LogP contribution in [-0.2, 0) is 18.4 Å². The molecule has 0 atom stereocenters. The quantitative estimate of drug-likeness (QED) is 0.452. The summed E-state index contributed by atoms with van der Waals surface area (Å²) in [6.45, 7) is 2.22. The van der Waals surface area contributed by atoms with Crippen molar-refractivity contribution >= 4 is 40.2 Å². The van der Waals surface area contributed by atoms with Crippen LogP contribution in [0, 0.1) is 12.7 Å². The maximum atomic E-state index is 13.2. The second-order valence-electron chi connectivity index (χ2n) is 6.80. The van der Waals surface area contributed by atoms with Crippen molar-refractivity contribution < 1.29 is 9.18 Å². The van der Waals surface area contributed by atoms with Crippen LogP contribution in [0.4, 0.5) is 4.39 Å². The molecule has 2 heterocycles. The molecule has 0 saturated carbocycles. The maximum Gasteiger partial charge on any atom is 0.230 e. The number of thioether (sulfide) groups is 1. The minimum atomic E-state index is -0.311. The fourth-order valence-corrected chi connectivity index (χ4v) is 4.25. The Morgan fingerprint density at radius 2 is 1.93 bits per heavy atom. The fraction of sp³-hybridized carbons (Fsp3) is 0.190. The predicted octanol–water partition coefficient (Wildman–Crippen LogP) is 4.27. The Kier molecular flexibility index (Phi) is 5.78. The van der Waals surface area contributed by atoms with Crippen LogP contribution in [0.25, 0.3) is 16.6 Å². The van der Waals surface area contributed by atoms with Gasteiger partial charge in [0.05, 0.1) is 12.3 Å². The van der Waals surface area contributed by atoms with Gasteiger partial charge in [-0.15, -0.1) is 10.2 Å². The highest BCUT2D eigenvalue weighted by Crippen LogP contribution is 2.23. The highest BCUT2D eigenvalue weighted by atomic mass is 35.5. The number of fused-ring (bicyclic) bond motifs is 1. The number of aryl methyl sites for hydroxylation is 2. The van der Waals surface area contributed by atoms with E-state index in [0.29, 0.717) is 22.5 Å². The molecule has 2 aromatic carbocycles. The van der Waals surface area contributed by atoms with Crippen molar-refractivity contribution in [1.82, 2.24) is 24.6 Å². The molecule has 0 aliphatic heterocycles. The lowest BCUT2D eigenvalue weighted by atomic mass is 10.2. The molecule has 9 heteroatoms. The van der Waals surface area contributed by atoms with E-state index in [4.69, 9.17) is 11.6 Å². The van der Waals surface area contributed by atoms with E-state index in [0.717, 1.165) is 22.3 Å². The van der Waals surface area contributed by atoms with Gasteiger partial charge in [0, 0.05) is 34.4 Å². The Morgan fingerprint density at radius 3 is 2.70 bits per heavy atom. The van der Waals surface area contributed by atoms with Gasteiger partial charge in [0.1, 0.15) is 11.6 Å². The highest BCUT2D eigenvalue weighted by Gasteiger charge is 2.14. The van der Waals surface area contributed by atoms with Crippen LogP contribution < -0.4 is 5.32 Å². The first-order chi connectivity index (χ1) is 14.4. The third-order valence-corrected chi connectivity index (χ3v) is 5.95. The topological polar surface area (TPSA) is 64.7 Å². The Bertz CT molecular complexity index is 1220. The molecule has 154 valence electrons. The summed E-state index contributed by atoms with van der Waals surface area (Å²) in [6, 6.07) is 13.8. The number of carbonyl (C=O) groups is 1. The second-order valence-corrected chi connectivity index (χ2v) is 8.18. The van der Waals surface area contributed by atoms with Crippen LogP contribution in [-0.4, -0.2) is 31.0 Å². The van der Waals surface area contributed by atoms with E-state index in [-0.39, 0.29) is 17.5 Å². The van der Waals surface area contributed by atoms with Crippen molar-refractivity contribution in [3.05, 3.63) is 70.9 Å². The molecular weight excluding hydrogens is 425 g/mol. The lowest BCUT2D eigenvalue weighted by Gasteiger charge is -2.09. The number of carbonyl (C=O) groups excluding carboxylic acids is 1. The molecule has 1 amide bonds. The molecule has 0 bridgehead atoms. The number of nitrogens with one attached hydrogen (secondary N) is 1. The van der Waals surface area contributed by atoms with Gasteiger partial charge in [0.2, 0.25) is 5.91 Å². The standard InChI is InChI=1S/C21H19ClFN5OS/c1-13-25-26-21(28(13)17-6-4-16(23)5-7-17)30-12-20(29)24-11-18-10-14-9-15(22)3-8-19(14)27(18)2/h3-10H,11-12H2,1-2H3,(H,24,29). The molecule has 1 N–H and O–H groups in total. The van der Waals surface area contributed by atoms with E-state index >= 15 is 0 Å². The average molecular weight is 444 g/mol. The summed E-state index contributed by atoms with van der Waals surface area (Å²) < 4.78 is 17.0. The first-order valence-electron chi connectivity index (χ1n) is 9.23. The number of hydrogen-bond donors (Lipinski definition) is 1. The van der Waals surface area contributed by atoms with Gasteiger partial charge in [-0.25, -0.2) is 4.39 Å². The molecule has 0 aliphatic carbocycles. The lowest BCUT2D eigenvalue weighted by Crippen LogP contribution is -2.25. The first kappa shape index (κ1) is 20.4. The minimum absolute atomic E-state index is 0.116. The Balaban J connectivity index is 1.40. The molecule has 0 fully saturated rings. The number of hydrogen-bond acceptors (Lipinski definition) is 4. The van der Waals surface area contributed by atoms with E-state index in [1.54, 1.807) is 16.7 Å². The predicted molar refractivity (Wildman–Crippen MR) is 117 cm³/mol. The van der Waals surface area contributed by atoms with E-state index < -0.39 is 0 Å². The highest BCUT2D eigenvalue weighted by molar-refractivity contribution is 7.99. The molecule has 0 spiro atoms. The summed E-state index contributed by atoms with van der Waals surface area (Å²) in [5.41, 5.74) is 2.79. The number of benzene rings is 2. The molecule has 0 radical (unpaired) electrons. The Labute approximate surface area is 182 Å². The van der Waals surface area contributed by atoms with Crippen molar-refractivity contribution in [3.63, 3.8) is 0 Å². The van der Waals surface area contributed by atoms with Crippen molar-refractivity contribution in [2.75, 3.05) is 5.75 Å². The second kappa shape index (κ2) is 8.49. The van der Waals surface area contributed by atoms with Gasteiger partial charge in [0.15, 0.2) is 5.16 Å². The van der Waals surface area contributed by atoms with Crippen LogP contribution in [0.1, 0.15) is 11.5 Å². The zero-order chi connectivity index (χ0) is 21.3. The Morgan fingerprint density at radius 1 is 1.17 bits per heavy atom. The van der Waals surface area contributed by atoms with Crippen molar-refractivity contribution in [2.45, 2.75) is 18.6 Å². The van der Waals surface area contributed by atoms with Crippen LogP contribution in [0.15, 0.2) is 53.7 Å². The molecule has 0 saturated heterocycles. The minimum Gasteiger partial charge on any atom is -0.350 e. The molecule has 30 heavy (non-hydrogen) atoms. The summed E-state index contributed by atoms with van der Waals surface area (Å²) in [7, 11) is 1.96. The third kappa shape index (κ3) is 4.20. The van der Waals surface area contributed by atoms with Gasteiger partial charge in [-0.2, -0.15) is 0 Å². The van der Waals surface area contributed by atoms with E-state index in [1.165, 1.54) is 23.9 Å². The van der Waals surface area contributed by atoms with Crippen LogP contribution >= 0.6 is 23.4 Å². The van der Waals surface area contributed by atoms with Gasteiger partial charge in [-0.1, -0.05) is 23.4 Å². The number of rotatable bonds is 6. The van der Waals surface area contributed by atoms with E-state index in [1.807, 2.05) is 42.8 Å². The lowest BCUT2D eigenvalue weighted by molar-refractivity contribution is -0.118. The summed E-state index contributed by atoms with van der Waals surface area (Å²) in [6.07, 6.45) is 0. The largest absolute Gasteiger partial charge is 0.350 e. The fourth-order valence-electron chi connectivity index (χ4n) is 3.24. The van der Waals surface area contributed by atoms with Crippen LogP contribution in [0.2, 0.25) is 5.02 Å². The van der Waals surface area contributed by atoms with Gasteiger partial charge in [-0.3, -0.25) is 9.36 Å². The van der Waals surface area contributed by atoms with Crippen molar-refractivity contribution in [3.8, 4) is 5.69 Å². The maximum absolute atomic E-state index is 13.2. The molecule has 0 unspecified atom stereocenters. The smallest absolute Gasteiger partial charge is 0.230 e. The molecule has 6 nitrogen and oxygen atoms in total. The molecule has 4 aromatic rings. The van der Waals surface area contributed by atoms with Crippen LogP contribution in [0.3, 0.4) is 0 Å². The van der Waals surface area contributed by atoms with E-state index in [2.05, 4.69) is 15.5 Å². The first-order valence-corrected chi connectivity index (χ1v) is 10.6. The van der Waals surface area contributed by atoms with Crippen LogP contribution in [0.5, 0.6) is 0 Å². The van der Waals surface area contributed by atoms with Gasteiger partial charge in [-0.05, 0) is 55.5 Å². The summed E-state index contributed by atoms with van der Waals surface area (Å²) in [5, 5.41) is 13.5. The van der Waals surface area contributed by atoms with Crippen molar-refractivity contribution in [1.29, 1.82) is 0 Å².